The van der Waals surface area contributed by atoms with Crippen molar-refractivity contribution in [3.8, 4) is 0 Å². The molecule has 1 saturated heterocycles. The lowest BCUT2D eigenvalue weighted by Gasteiger charge is -2.25. The van der Waals surface area contributed by atoms with Crippen LogP contribution in [0.1, 0.15) is 38.3 Å². The highest BCUT2D eigenvalue weighted by molar-refractivity contribution is 9.10. The van der Waals surface area contributed by atoms with Crippen molar-refractivity contribution in [1.82, 2.24) is 5.32 Å². The molecule has 0 aromatic heterocycles. The van der Waals surface area contributed by atoms with E-state index < -0.39 is 0 Å². The third-order valence-corrected chi connectivity index (χ3v) is 3.96. The Morgan fingerprint density at radius 1 is 1.44 bits per heavy atom. The van der Waals surface area contributed by atoms with Gasteiger partial charge in [-0.3, -0.25) is 0 Å². The monoisotopic (exact) mass is 315 g/mol. The van der Waals surface area contributed by atoms with Crippen LogP contribution in [0.15, 0.2) is 22.7 Å². The molecule has 0 saturated carbocycles. The zero-order chi connectivity index (χ0) is 13.1. The Balaban J connectivity index is 2.00. The van der Waals surface area contributed by atoms with Crippen LogP contribution in [0, 0.1) is 5.82 Å². The summed E-state index contributed by atoms with van der Waals surface area (Å²) in [7, 11) is 0. The maximum atomic E-state index is 13.8. The Bertz CT molecular complexity index is 407. The number of ether oxygens (including phenoxy) is 1. The molecule has 1 aliphatic rings. The number of nitrogens with one attached hydrogen (secondary N) is 1. The minimum absolute atomic E-state index is 0.0164. The van der Waals surface area contributed by atoms with Crippen LogP contribution in [0.2, 0.25) is 0 Å². The molecule has 0 spiro atoms. The Labute approximate surface area is 116 Å². The summed E-state index contributed by atoms with van der Waals surface area (Å²) in [6.45, 7) is 4.93. The normalized spacial score (nSPS) is 23.0. The van der Waals surface area contributed by atoms with Crippen LogP contribution < -0.4 is 5.32 Å². The number of hydrogen-bond acceptors (Lipinski definition) is 2. The number of hydrogen-bond donors (Lipinski definition) is 1. The van der Waals surface area contributed by atoms with Gasteiger partial charge in [0.1, 0.15) is 5.82 Å². The summed E-state index contributed by atoms with van der Waals surface area (Å²) in [6, 6.07) is 5.42. The molecule has 1 heterocycles. The van der Waals surface area contributed by atoms with Gasteiger partial charge in [-0.2, -0.15) is 0 Å². The molecule has 4 heteroatoms. The summed E-state index contributed by atoms with van der Waals surface area (Å²) in [5.74, 6) is -0.177. The Hall–Kier alpha value is -0.450. The topological polar surface area (TPSA) is 21.3 Å². The van der Waals surface area contributed by atoms with E-state index in [1.54, 1.807) is 0 Å². The fraction of sp³-hybridized carbons (Fsp3) is 0.571. The van der Waals surface area contributed by atoms with E-state index in [1.807, 2.05) is 19.1 Å². The summed E-state index contributed by atoms with van der Waals surface area (Å²) in [4.78, 5) is 0. The Morgan fingerprint density at radius 3 is 2.83 bits per heavy atom. The molecule has 1 fully saturated rings. The average Bonchev–Trinajstić information content (AvgIpc) is 2.81. The van der Waals surface area contributed by atoms with Crippen molar-refractivity contribution in [1.29, 1.82) is 0 Å². The summed E-state index contributed by atoms with van der Waals surface area (Å²) >= 11 is 3.27. The van der Waals surface area contributed by atoms with Crippen molar-refractivity contribution in [2.45, 2.75) is 44.9 Å². The van der Waals surface area contributed by atoms with Crippen LogP contribution >= 0.6 is 15.9 Å². The summed E-state index contributed by atoms with van der Waals surface area (Å²) in [6.07, 6.45) is 2.47. The van der Waals surface area contributed by atoms with Gasteiger partial charge >= 0.3 is 0 Å². The number of benzene rings is 1. The minimum Gasteiger partial charge on any atom is -0.377 e. The lowest BCUT2D eigenvalue weighted by atomic mass is 10.0. The number of halogens is 2. The van der Waals surface area contributed by atoms with E-state index in [2.05, 4.69) is 28.2 Å². The predicted molar refractivity (Wildman–Crippen MR) is 74.1 cm³/mol. The fourth-order valence-electron chi connectivity index (χ4n) is 2.44. The van der Waals surface area contributed by atoms with Crippen LogP contribution in [0.5, 0.6) is 0 Å². The lowest BCUT2D eigenvalue weighted by Crippen LogP contribution is -2.38. The highest BCUT2D eigenvalue weighted by atomic mass is 79.9. The molecule has 18 heavy (non-hydrogen) atoms. The Kier molecular flexibility index (Phi) is 4.76. The molecule has 0 bridgehead atoms. The van der Waals surface area contributed by atoms with E-state index in [9.17, 15) is 4.39 Å². The third-order valence-electron chi connectivity index (χ3n) is 3.46. The second-order valence-corrected chi connectivity index (χ2v) is 5.81. The first-order valence-electron chi connectivity index (χ1n) is 6.40. The van der Waals surface area contributed by atoms with E-state index in [4.69, 9.17) is 4.74 Å². The molecule has 0 amide bonds. The maximum Gasteiger partial charge on any atom is 0.129 e. The molecule has 100 valence electrons. The van der Waals surface area contributed by atoms with Crippen LogP contribution in [-0.2, 0) is 4.74 Å². The second-order valence-electron chi connectivity index (χ2n) is 4.89. The predicted octanol–water partition coefficient (Wildman–Crippen LogP) is 3.81. The van der Waals surface area contributed by atoms with Gasteiger partial charge in [-0.25, -0.2) is 4.39 Å². The minimum atomic E-state index is -0.177. The zero-order valence-electron chi connectivity index (χ0n) is 10.7. The molecule has 1 aromatic carbocycles. The first-order valence-corrected chi connectivity index (χ1v) is 7.20. The molecule has 1 aliphatic heterocycles. The van der Waals surface area contributed by atoms with E-state index in [-0.39, 0.29) is 24.0 Å². The third kappa shape index (κ3) is 3.31. The van der Waals surface area contributed by atoms with Crippen LogP contribution in [0.3, 0.4) is 0 Å². The van der Waals surface area contributed by atoms with Crippen molar-refractivity contribution < 1.29 is 9.13 Å². The highest BCUT2D eigenvalue weighted by Crippen LogP contribution is 2.23. The SMILES string of the molecule is CC(NC(C)C1CCCO1)c1ccc(Br)cc1F. The van der Waals surface area contributed by atoms with Gasteiger partial charge in [-0.05, 0) is 38.8 Å². The molecule has 3 unspecified atom stereocenters. The van der Waals surface area contributed by atoms with Crippen molar-refractivity contribution >= 4 is 15.9 Å². The first-order chi connectivity index (χ1) is 8.58. The molecular formula is C14H19BrFNO. The average molecular weight is 316 g/mol. The highest BCUT2D eigenvalue weighted by Gasteiger charge is 2.24. The fourth-order valence-corrected chi connectivity index (χ4v) is 2.77. The molecule has 3 atom stereocenters. The van der Waals surface area contributed by atoms with Gasteiger partial charge in [0.2, 0.25) is 0 Å². The van der Waals surface area contributed by atoms with Crippen LogP contribution in [0.4, 0.5) is 4.39 Å². The lowest BCUT2D eigenvalue weighted by molar-refractivity contribution is 0.0802. The van der Waals surface area contributed by atoms with Crippen molar-refractivity contribution in [3.63, 3.8) is 0 Å². The Morgan fingerprint density at radius 2 is 2.22 bits per heavy atom. The van der Waals surface area contributed by atoms with E-state index in [0.29, 0.717) is 5.56 Å². The van der Waals surface area contributed by atoms with Crippen LogP contribution in [0.25, 0.3) is 0 Å². The van der Waals surface area contributed by atoms with Gasteiger partial charge in [0.25, 0.3) is 0 Å². The van der Waals surface area contributed by atoms with E-state index in [0.717, 1.165) is 23.9 Å². The molecule has 1 aromatic rings. The van der Waals surface area contributed by atoms with E-state index in [1.165, 1.54) is 6.07 Å². The molecule has 2 rings (SSSR count). The summed E-state index contributed by atoms with van der Waals surface area (Å²) in [5.41, 5.74) is 0.697. The molecule has 2 nitrogen and oxygen atoms in total. The molecular weight excluding hydrogens is 297 g/mol. The van der Waals surface area contributed by atoms with Crippen LogP contribution in [-0.4, -0.2) is 18.8 Å². The number of rotatable bonds is 4. The van der Waals surface area contributed by atoms with Crippen molar-refractivity contribution in [2.24, 2.45) is 0 Å². The van der Waals surface area contributed by atoms with Gasteiger partial charge in [0.15, 0.2) is 0 Å². The molecule has 0 radical (unpaired) electrons. The van der Waals surface area contributed by atoms with Gasteiger partial charge in [-0.1, -0.05) is 22.0 Å². The van der Waals surface area contributed by atoms with Gasteiger partial charge in [0, 0.05) is 28.7 Å². The van der Waals surface area contributed by atoms with Crippen molar-refractivity contribution in [3.05, 3.63) is 34.1 Å². The first kappa shape index (κ1) is 14.0. The van der Waals surface area contributed by atoms with Gasteiger partial charge in [-0.15, -0.1) is 0 Å². The standard InChI is InChI=1S/C14H19BrFNO/c1-9(12-6-5-11(15)8-13(12)16)17-10(2)14-4-3-7-18-14/h5-6,8-10,14,17H,3-4,7H2,1-2H3. The van der Waals surface area contributed by atoms with Crippen molar-refractivity contribution in [2.75, 3.05) is 6.61 Å². The second kappa shape index (κ2) is 6.13. The quantitative estimate of drug-likeness (QED) is 0.912. The summed E-state index contributed by atoms with van der Waals surface area (Å²) < 4.78 is 20.2. The molecule has 0 aliphatic carbocycles. The zero-order valence-corrected chi connectivity index (χ0v) is 12.3. The van der Waals surface area contributed by atoms with Gasteiger partial charge in [0.05, 0.1) is 6.10 Å². The smallest absolute Gasteiger partial charge is 0.129 e. The van der Waals surface area contributed by atoms with E-state index >= 15 is 0 Å². The maximum absolute atomic E-state index is 13.8. The van der Waals surface area contributed by atoms with Gasteiger partial charge < -0.3 is 10.1 Å². The summed E-state index contributed by atoms with van der Waals surface area (Å²) in [5, 5.41) is 3.42. The molecule has 1 N–H and O–H groups in total. The largest absolute Gasteiger partial charge is 0.377 e.